The van der Waals surface area contributed by atoms with Crippen LogP contribution < -0.4 is 11.1 Å². The van der Waals surface area contributed by atoms with Crippen molar-refractivity contribution in [3.05, 3.63) is 34.1 Å². The number of benzene rings is 1. The molecule has 19 heavy (non-hydrogen) atoms. The van der Waals surface area contributed by atoms with Crippen LogP contribution in [0.4, 0.5) is 4.39 Å². The Bertz CT molecular complexity index is 404. The van der Waals surface area contributed by atoms with E-state index in [1.807, 2.05) is 6.07 Å². The Morgan fingerprint density at radius 2 is 2.11 bits per heavy atom. The zero-order chi connectivity index (χ0) is 13.5. The molecule has 0 aromatic heterocycles. The number of nitrogens with one attached hydrogen (secondary N) is 1. The normalized spacial score (nSPS) is 11.3. The van der Waals surface area contributed by atoms with Crippen LogP contribution in [0.15, 0.2) is 27.7 Å². The minimum Gasteiger partial charge on any atom is -0.370 e. The fourth-order valence-corrected chi connectivity index (χ4v) is 1.94. The average Bonchev–Trinajstić information content (AvgIpc) is 2.24. The van der Waals surface area contributed by atoms with Crippen LogP contribution in [0.5, 0.6) is 0 Å². The van der Waals surface area contributed by atoms with Crippen LogP contribution in [0.1, 0.15) is 25.8 Å². The number of guanidine groups is 1. The van der Waals surface area contributed by atoms with Gasteiger partial charge in [0.15, 0.2) is 5.96 Å². The minimum absolute atomic E-state index is 0. The first-order valence-electron chi connectivity index (χ1n) is 5.96. The van der Waals surface area contributed by atoms with Crippen LogP contribution >= 0.6 is 39.9 Å². The molecule has 1 aromatic carbocycles. The molecule has 6 heteroatoms. The second-order valence-electron chi connectivity index (χ2n) is 4.59. The molecule has 0 aliphatic carbocycles. The summed E-state index contributed by atoms with van der Waals surface area (Å²) in [6.45, 7) is 5.48. The van der Waals surface area contributed by atoms with E-state index in [9.17, 15) is 4.39 Å². The Labute approximate surface area is 139 Å². The lowest BCUT2D eigenvalue weighted by molar-refractivity contribution is 0.576. The highest BCUT2D eigenvalue weighted by Crippen LogP contribution is 2.15. The number of nitrogens with zero attached hydrogens (tertiary/aromatic N) is 1. The smallest absolute Gasteiger partial charge is 0.188 e. The number of nitrogens with two attached hydrogens (primary N) is 1. The molecule has 1 rings (SSSR count). The topological polar surface area (TPSA) is 50.4 Å². The Balaban J connectivity index is 0.00000324. The number of rotatable bonds is 5. The van der Waals surface area contributed by atoms with E-state index >= 15 is 0 Å². The van der Waals surface area contributed by atoms with Crippen LogP contribution in [0.25, 0.3) is 0 Å². The van der Waals surface area contributed by atoms with E-state index in [2.05, 4.69) is 40.1 Å². The third-order valence-corrected chi connectivity index (χ3v) is 2.84. The van der Waals surface area contributed by atoms with Gasteiger partial charge in [-0.15, -0.1) is 24.0 Å². The van der Waals surface area contributed by atoms with Gasteiger partial charge in [-0.3, -0.25) is 0 Å². The molecule has 0 spiro atoms. The molecule has 0 amide bonds. The summed E-state index contributed by atoms with van der Waals surface area (Å²) < 4.78 is 13.8. The SMILES string of the molecule is CC(C)CCNC(N)=NCc1cc(F)cc(Br)c1.I. The Hall–Kier alpha value is -0.370. The van der Waals surface area contributed by atoms with Gasteiger partial charge in [-0.25, -0.2) is 9.38 Å². The van der Waals surface area contributed by atoms with Crippen molar-refractivity contribution in [2.45, 2.75) is 26.8 Å². The van der Waals surface area contributed by atoms with Crippen molar-refractivity contribution in [1.29, 1.82) is 0 Å². The highest BCUT2D eigenvalue weighted by Gasteiger charge is 1.99. The molecule has 0 atom stereocenters. The fraction of sp³-hybridized carbons (Fsp3) is 0.462. The van der Waals surface area contributed by atoms with Gasteiger partial charge in [0, 0.05) is 11.0 Å². The van der Waals surface area contributed by atoms with Crippen LogP contribution in [-0.2, 0) is 6.54 Å². The van der Waals surface area contributed by atoms with E-state index in [4.69, 9.17) is 5.73 Å². The lowest BCUT2D eigenvalue weighted by Gasteiger charge is -2.07. The van der Waals surface area contributed by atoms with Crippen molar-refractivity contribution in [3.8, 4) is 0 Å². The van der Waals surface area contributed by atoms with Gasteiger partial charge in [0.2, 0.25) is 0 Å². The monoisotopic (exact) mass is 443 g/mol. The molecule has 1 aromatic rings. The lowest BCUT2D eigenvalue weighted by atomic mass is 10.1. The predicted octanol–water partition coefficient (Wildman–Crippen LogP) is 3.66. The summed E-state index contributed by atoms with van der Waals surface area (Å²) in [6.07, 6.45) is 1.04. The first kappa shape index (κ1) is 18.6. The van der Waals surface area contributed by atoms with E-state index in [1.165, 1.54) is 12.1 Å². The maximum atomic E-state index is 13.1. The van der Waals surface area contributed by atoms with Gasteiger partial charge in [0.05, 0.1) is 6.54 Å². The quantitative estimate of drug-likeness (QED) is 0.414. The standard InChI is InChI=1S/C13H19BrFN3.HI/c1-9(2)3-4-17-13(16)18-8-10-5-11(14)7-12(15)6-10;/h5-7,9H,3-4,8H2,1-2H3,(H3,16,17,18);1H. The van der Waals surface area contributed by atoms with Crippen LogP contribution in [0.2, 0.25) is 0 Å². The van der Waals surface area contributed by atoms with Crippen LogP contribution in [0.3, 0.4) is 0 Å². The first-order valence-corrected chi connectivity index (χ1v) is 6.75. The summed E-state index contributed by atoms with van der Waals surface area (Å²) in [5, 5.41) is 3.04. The lowest BCUT2D eigenvalue weighted by Crippen LogP contribution is -2.32. The molecule has 3 N–H and O–H groups in total. The minimum atomic E-state index is -0.277. The van der Waals surface area contributed by atoms with Crippen molar-refractivity contribution >= 4 is 45.9 Å². The molecular weight excluding hydrogens is 424 g/mol. The van der Waals surface area contributed by atoms with Gasteiger partial charge in [-0.05, 0) is 36.1 Å². The molecule has 0 unspecified atom stereocenters. The van der Waals surface area contributed by atoms with Crippen LogP contribution in [0, 0.1) is 11.7 Å². The van der Waals surface area contributed by atoms with Crippen molar-refractivity contribution in [2.75, 3.05) is 6.54 Å². The first-order chi connectivity index (χ1) is 8.47. The van der Waals surface area contributed by atoms with Crippen LogP contribution in [-0.4, -0.2) is 12.5 Å². The van der Waals surface area contributed by atoms with Gasteiger partial charge in [0.25, 0.3) is 0 Å². The van der Waals surface area contributed by atoms with E-state index < -0.39 is 0 Å². The third-order valence-electron chi connectivity index (χ3n) is 2.38. The molecule has 0 saturated heterocycles. The van der Waals surface area contributed by atoms with Gasteiger partial charge in [-0.2, -0.15) is 0 Å². The Morgan fingerprint density at radius 1 is 1.42 bits per heavy atom. The average molecular weight is 444 g/mol. The number of hydrogen-bond donors (Lipinski definition) is 2. The molecule has 0 bridgehead atoms. The summed E-state index contributed by atoms with van der Waals surface area (Å²) in [7, 11) is 0. The second kappa shape index (κ2) is 9.52. The van der Waals surface area contributed by atoms with Gasteiger partial charge < -0.3 is 11.1 Å². The van der Waals surface area contributed by atoms with Crippen molar-refractivity contribution in [1.82, 2.24) is 5.32 Å². The molecular formula is C13H20BrFIN3. The summed E-state index contributed by atoms with van der Waals surface area (Å²) in [5.74, 6) is 0.751. The molecule has 108 valence electrons. The molecule has 0 aliphatic rings. The summed E-state index contributed by atoms with van der Waals surface area (Å²) in [6, 6.07) is 4.70. The highest BCUT2D eigenvalue weighted by atomic mass is 127. The van der Waals surface area contributed by atoms with Gasteiger partial charge in [-0.1, -0.05) is 29.8 Å². The summed E-state index contributed by atoms with van der Waals surface area (Å²) >= 11 is 3.24. The number of hydrogen-bond acceptors (Lipinski definition) is 1. The number of aliphatic imine (C=N–C) groups is 1. The maximum absolute atomic E-state index is 13.1. The Morgan fingerprint density at radius 3 is 2.68 bits per heavy atom. The molecule has 0 radical (unpaired) electrons. The predicted molar refractivity (Wildman–Crippen MR) is 92.3 cm³/mol. The number of halogens is 3. The summed E-state index contributed by atoms with van der Waals surface area (Å²) in [4.78, 5) is 4.17. The van der Waals surface area contributed by atoms with Crippen molar-refractivity contribution in [3.63, 3.8) is 0 Å². The zero-order valence-electron chi connectivity index (χ0n) is 11.1. The van der Waals surface area contributed by atoms with E-state index in [-0.39, 0.29) is 29.8 Å². The van der Waals surface area contributed by atoms with Gasteiger partial charge >= 0.3 is 0 Å². The largest absolute Gasteiger partial charge is 0.370 e. The zero-order valence-corrected chi connectivity index (χ0v) is 15.0. The van der Waals surface area contributed by atoms with Gasteiger partial charge in [0.1, 0.15) is 5.82 Å². The molecule has 3 nitrogen and oxygen atoms in total. The van der Waals surface area contributed by atoms with E-state index in [0.717, 1.165) is 18.5 Å². The van der Waals surface area contributed by atoms with E-state index in [0.29, 0.717) is 22.9 Å². The highest BCUT2D eigenvalue weighted by molar-refractivity contribution is 14.0. The maximum Gasteiger partial charge on any atom is 0.188 e. The molecule has 0 saturated carbocycles. The van der Waals surface area contributed by atoms with Crippen molar-refractivity contribution in [2.24, 2.45) is 16.6 Å². The molecule has 0 fully saturated rings. The van der Waals surface area contributed by atoms with E-state index in [1.54, 1.807) is 0 Å². The summed E-state index contributed by atoms with van der Waals surface area (Å²) in [5.41, 5.74) is 6.50. The molecule has 0 aliphatic heterocycles. The third kappa shape index (κ3) is 8.41. The fourth-order valence-electron chi connectivity index (χ4n) is 1.42. The van der Waals surface area contributed by atoms with Crippen molar-refractivity contribution < 1.29 is 4.39 Å². The second-order valence-corrected chi connectivity index (χ2v) is 5.50. The Kier molecular flexibility index (Phi) is 9.34. The molecule has 0 heterocycles.